The highest BCUT2D eigenvalue weighted by molar-refractivity contribution is 9.10. The molecule has 0 bridgehead atoms. The molecular weight excluding hydrogens is 381 g/mol. The van der Waals surface area contributed by atoms with Crippen molar-refractivity contribution < 1.29 is 23.5 Å². The molecule has 0 aliphatic rings. The minimum atomic E-state index is -0.793. The summed E-state index contributed by atoms with van der Waals surface area (Å²) in [5.74, 6) is -1.94. The van der Waals surface area contributed by atoms with E-state index in [1.54, 1.807) is 18.2 Å². The molecule has 1 N–H and O–H groups in total. The van der Waals surface area contributed by atoms with Crippen LogP contribution >= 0.6 is 15.9 Å². The van der Waals surface area contributed by atoms with E-state index in [1.807, 2.05) is 6.92 Å². The first-order valence-corrected chi connectivity index (χ1v) is 7.76. The average molecular weight is 396 g/mol. The van der Waals surface area contributed by atoms with Crippen LogP contribution in [0.25, 0.3) is 0 Å². The fourth-order valence-electron chi connectivity index (χ4n) is 1.93. The van der Waals surface area contributed by atoms with Gasteiger partial charge in [-0.25, -0.2) is 9.18 Å². The average Bonchev–Trinajstić information content (AvgIpc) is 2.56. The van der Waals surface area contributed by atoms with Gasteiger partial charge in [0.1, 0.15) is 0 Å². The first kappa shape index (κ1) is 17.9. The van der Waals surface area contributed by atoms with Gasteiger partial charge in [0.15, 0.2) is 18.2 Å². The van der Waals surface area contributed by atoms with Crippen LogP contribution in [0.2, 0.25) is 0 Å². The van der Waals surface area contributed by atoms with Gasteiger partial charge >= 0.3 is 5.97 Å². The molecule has 24 heavy (non-hydrogen) atoms. The van der Waals surface area contributed by atoms with Gasteiger partial charge in [-0.05, 0) is 48.9 Å². The van der Waals surface area contributed by atoms with Crippen molar-refractivity contribution in [3.8, 4) is 5.75 Å². The standard InChI is InChI=1S/C17H15BrFNO4/c1-10-7-12(4-5-13(10)18)20-16(21)9-24-17(22)11-3-6-15(23-2)14(19)8-11/h3-8H,9H2,1-2H3,(H,20,21). The summed E-state index contributed by atoms with van der Waals surface area (Å²) >= 11 is 3.37. The van der Waals surface area contributed by atoms with Gasteiger partial charge < -0.3 is 14.8 Å². The summed E-state index contributed by atoms with van der Waals surface area (Å²) in [6, 6.07) is 8.98. The predicted octanol–water partition coefficient (Wildman–Crippen LogP) is 3.70. The molecule has 126 valence electrons. The number of ether oxygens (including phenoxy) is 2. The Morgan fingerprint density at radius 1 is 1.21 bits per heavy atom. The van der Waals surface area contributed by atoms with Gasteiger partial charge in [0.05, 0.1) is 12.7 Å². The molecular formula is C17H15BrFNO4. The van der Waals surface area contributed by atoms with Gasteiger partial charge in [0.2, 0.25) is 0 Å². The van der Waals surface area contributed by atoms with E-state index in [9.17, 15) is 14.0 Å². The maximum atomic E-state index is 13.6. The third kappa shape index (κ3) is 4.55. The number of methoxy groups -OCH3 is 1. The summed E-state index contributed by atoms with van der Waals surface area (Å²) in [6.07, 6.45) is 0. The molecule has 0 saturated carbocycles. The molecule has 7 heteroatoms. The Bertz CT molecular complexity index is 779. The van der Waals surface area contributed by atoms with E-state index >= 15 is 0 Å². The Morgan fingerprint density at radius 3 is 2.58 bits per heavy atom. The lowest BCUT2D eigenvalue weighted by atomic mass is 10.2. The minimum Gasteiger partial charge on any atom is -0.494 e. The summed E-state index contributed by atoms with van der Waals surface area (Å²) < 4.78 is 24.1. The van der Waals surface area contributed by atoms with Crippen molar-refractivity contribution in [1.82, 2.24) is 0 Å². The van der Waals surface area contributed by atoms with Crippen LogP contribution in [-0.4, -0.2) is 25.6 Å². The van der Waals surface area contributed by atoms with Gasteiger partial charge in [-0.3, -0.25) is 4.79 Å². The van der Waals surface area contributed by atoms with E-state index in [4.69, 9.17) is 9.47 Å². The highest BCUT2D eigenvalue weighted by Crippen LogP contribution is 2.20. The van der Waals surface area contributed by atoms with Crippen molar-refractivity contribution in [2.24, 2.45) is 0 Å². The number of hydrogen-bond donors (Lipinski definition) is 1. The van der Waals surface area contributed by atoms with Gasteiger partial charge in [0, 0.05) is 10.2 Å². The molecule has 0 aromatic heterocycles. The number of hydrogen-bond acceptors (Lipinski definition) is 4. The number of carbonyl (C=O) groups excluding carboxylic acids is 2. The second-order valence-electron chi connectivity index (χ2n) is 4.94. The molecule has 0 aliphatic heterocycles. The topological polar surface area (TPSA) is 64.6 Å². The van der Waals surface area contributed by atoms with Crippen molar-refractivity contribution in [2.75, 3.05) is 19.0 Å². The zero-order valence-electron chi connectivity index (χ0n) is 13.1. The Hall–Kier alpha value is -2.41. The first-order valence-electron chi connectivity index (χ1n) is 6.97. The molecule has 0 spiro atoms. The highest BCUT2D eigenvalue weighted by atomic mass is 79.9. The molecule has 0 heterocycles. The predicted molar refractivity (Wildman–Crippen MR) is 90.7 cm³/mol. The van der Waals surface area contributed by atoms with E-state index in [2.05, 4.69) is 21.2 Å². The molecule has 0 fully saturated rings. The van der Waals surface area contributed by atoms with E-state index in [0.717, 1.165) is 16.1 Å². The maximum Gasteiger partial charge on any atom is 0.338 e. The van der Waals surface area contributed by atoms with Crippen LogP contribution < -0.4 is 10.1 Å². The SMILES string of the molecule is COc1ccc(C(=O)OCC(=O)Nc2ccc(Br)c(C)c2)cc1F. The summed E-state index contributed by atoms with van der Waals surface area (Å²) in [7, 11) is 1.32. The zero-order chi connectivity index (χ0) is 17.7. The van der Waals surface area contributed by atoms with Gasteiger partial charge in [0.25, 0.3) is 5.91 Å². The lowest BCUT2D eigenvalue weighted by Gasteiger charge is -2.08. The second kappa shape index (κ2) is 7.92. The van der Waals surface area contributed by atoms with Gasteiger partial charge in [-0.2, -0.15) is 0 Å². The molecule has 1 amide bonds. The number of aryl methyl sites for hydroxylation is 1. The first-order chi connectivity index (χ1) is 11.4. The smallest absolute Gasteiger partial charge is 0.338 e. The third-order valence-electron chi connectivity index (χ3n) is 3.16. The normalized spacial score (nSPS) is 10.2. The summed E-state index contributed by atoms with van der Waals surface area (Å²) in [6.45, 7) is 1.42. The van der Waals surface area contributed by atoms with E-state index < -0.39 is 24.3 Å². The van der Waals surface area contributed by atoms with Gasteiger partial charge in [-0.1, -0.05) is 15.9 Å². The lowest BCUT2D eigenvalue weighted by Crippen LogP contribution is -2.21. The van der Waals surface area contributed by atoms with Crippen LogP contribution in [0.5, 0.6) is 5.75 Å². The Balaban J connectivity index is 1.92. The van der Waals surface area contributed by atoms with Gasteiger partial charge in [-0.15, -0.1) is 0 Å². The molecule has 0 aliphatic carbocycles. The van der Waals surface area contributed by atoms with E-state index in [1.165, 1.54) is 19.2 Å². The van der Waals surface area contributed by atoms with Crippen molar-refractivity contribution >= 4 is 33.5 Å². The van der Waals surface area contributed by atoms with E-state index in [0.29, 0.717) is 5.69 Å². The van der Waals surface area contributed by atoms with Crippen LogP contribution in [0, 0.1) is 12.7 Å². The molecule has 0 unspecified atom stereocenters. The monoisotopic (exact) mass is 395 g/mol. The fraction of sp³-hybridized carbons (Fsp3) is 0.176. The van der Waals surface area contributed by atoms with Crippen LogP contribution in [0.3, 0.4) is 0 Å². The number of amides is 1. The summed E-state index contributed by atoms with van der Waals surface area (Å²) in [5, 5.41) is 2.62. The number of esters is 1. The molecule has 2 rings (SSSR count). The van der Waals surface area contributed by atoms with Crippen molar-refractivity contribution in [3.63, 3.8) is 0 Å². The number of nitrogens with one attached hydrogen (secondary N) is 1. The Kier molecular flexibility index (Phi) is 5.92. The third-order valence-corrected chi connectivity index (χ3v) is 4.05. The van der Waals surface area contributed by atoms with E-state index in [-0.39, 0.29) is 11.3 Å². The number of halogens is 2. The Morgan fingerprint density at radius 2 is 1.96 bits per heavy atom. The number of rotatable bonds is 5. The van der Waals surface area contributed by atoms with Crippen LogP contribution in [0.1, 0.15) is 15.9 Å². The Labute approximate surface area is 146 Å². The molecule has 5 nitrogen and oxygen atoms in total. The fourth-order valence-corrected chi connectivity index (χ4v) is 2.17. The second-order valence-corrected chi connectivity index (χ2v) is 5.79. The number of benzene rings is 2. The number of carbonyl (C=O) groups is 2. The minimum absolute atomic E-state index is 0.000543. The van der Waals surface area contributed by atoms with Crippen molar-refractivity contribution in [3.05, 3.63) is 57.8 Å². The zero-order valence-corrected chi connectivity index (χ0v) is 14.6. The summed E-state index contributed by atoms with van der Waals surface area (Å²) in [4.78, 5) is 23.7. The molecule has 0 atom stereocenters. The molecule has 2 aromatic carbocycles. The van der Waals surface area contributed by atoms with Crippen LogP contribution in [0.15, 0.2) is 40.9 Å². The lowest BCUT2D eigenvalue weighted by molar-refractivity contribution is -0.119. The van der Waals surface area contributed by atoms with Crippen LogP contribution in [-0.2, 0) is 9.53 Å². The van der Waals surface area contributed by atoms with Crippen molar-refractivity contribution in [1.29, 1.82) is 0 Å². The molecule has 2 aromatic rings. The quantitative estimate of drug-likeness (QED) is 0.783. The van der Waals surface area contributed by atoms with Crippen molar-refractivity contribution in [2.45, 2.75) is 6.92 Å². The highest BCUT2D eigenvalue weighted by Gasteiger charge is 2.13. The maximum absolute atomic E-state index is 13.6. The number of anilines is 1. The molecule has 0 saturated heterocycles. The largest absolute Gasteiger partial charge is 0.494 e. The summed E-state index contributed by atoms with van der Waals surface area (Å²) in [5.41, 5.74) is 1.55. The van der Waals surface area contributed by atoms with Crippen LogP contribution in [0.4, 0.5) is 10.1 Å². The molecule has 0 radical (unpaired) electrons.